The maximum Gasteiger partial charge on any atom is 0.226 e. The molecule has 0 aliphatic carbocycles. The number of nitrogens with one attached hydrogen (secondary N) is 2. The SMILES string of the molecule is COc1ccc(CNC(=O)Cc2csc(Nc3ccc(Cl)cn3)n2)cc1. The number of nitrogens with zero attached hydrogens (tertiary/aromatic N) is 2. The molecule has 0 aliphatic rings. The van der Waals surface area contributed by atoms with E-state index in [4.69, 9.17) is 16.3 Å². The van der Waals surface area contributed by atoms with Crippen LogP contribution in [0.2, 0.25) is 5.02 Å². The van der Waals surface area contributed by atoms with Gasteiger partial charge in [0.05, 0.1) is 24.2 Å². The third-order valence-corrected chi connectivity index (χ3v) is 4.53. The molecule has 0 saturated carbocycles. The quantitative estimate of drug-likeness (QED) is 0.643. The van der Waals surface area contributed by atoms with Gasteiger partial charge in [0.25, 0.3) is 0 Å². The number of carbonyl (C=O) groups excluding carboxylic acids is 1. The van der Waals surface area contributed by atoms with Gasteiger partial charge in [-0.1, -0.05) is 23.7 Å². The Hall–Kier alpha value is -2.64. The molecular formula is C18H17ClN4O2S. The maximum atomic E-state index is 12.1. The molecular weight excluding hydrogens is 372 g/mol. The minimum atomic E-state index is -0.0812. The van der Waals surface area contributed by atoms with E-state index >= 15 is 0 Å². The van der Waals surface area contributed by atoms with Crippen LogP contribution in [0, 0.1) is 0 Å². The summed E-state index contributed by atoms with van der Waals surface area (Å²) in [4.78, 5) is 20.7. The molecule has 0 saturated heterocycles. The average Bonchev–Trinajstić information content (AvgIpc) is 3.09. The van der Waals surface area contributed by atoms with Crippen molar-refractivity contribution in [2.24, 2.45) is 0 Å². The van der Waals surface area contributed by atoms with Gasteiger partial charge in [-0.25, -0.2) is 9.97 Å². The maximum absolute atomic E-state index is 12.1. The molecule has 6 nitrogen and oxygen atoms in total. The fraction of sp³-hybridized carbons (Fsp3) is 0.167. The third kappa shape index (κ3) is 5.18. The van der Waals surface area contributed by atoms with Gasteiger partial charge < -0.3 is 15.4 Å². The highest BCUT2D eigenvalue weighted by Gasteiger charge is 2.08. The molecule has 2 N–H and O–H groups in total. The number of rotatable bonds is 7. The van der Waals surface area contributed by atoms with Gasteiger partial charge in [-0.05, 0) is 29.8 Å². The third-order valence-electron chi connectivity index (χ3n) is 3.50. The van der Waals surface area contributed by atoms with Crippen molar-refractivity contribution < 1.29 is 9.53 Å². The van der Waals surface area contributed by atoms with E-state index < -0.39 is 0 Å². The fourth-order valence-electron chi connectivity index (χ4n) is 2.18. The van der Waals surface area contributed by atoms with Gasteiger partial charge >= 0.3 is 0 Å². The Morgan fingerprint density at radius 2 is 2.04 bits per heavy atom. The van der Waals surface area contributed by atoms with E-state index in [1.54, 1.807) is 25.4 Å². The van der Waals surface area contributed by atoms with Crippen LogP contribution in [0.5, 0.6) is 5.75 Å². The van der Waals surface area contributed by atoms with Crippen LogP contribution in [0.25, 0.3) is 0 Å². The van der Waals surface area contributed by atoms with Gasteiger partial charge in [-0.2, -0.15) is 0 Å². The number of ether oxygens (including phenoxy) is 1. The highest BCUT2D eigenvalue weighted by Crippen LogP contribution is 2.20. The average molecular weight is 389 g/mol. The van der Waals surface area contributed by atoms with E-state index in [1.165, 1.54) is 11.3 Å². The van der Waals surface area contributed by atoms with Crippen LogP contribution in [0.15, 0.2) is 48.0 Å². The number of anilines is 2. The number of thiazole rings is 1. The van der Waals surface area contributed by atoms with Crippen molar-refractivity contribution in [3.63, 3.8) is 0 Å². The molecule has 0 atom stereocenters. The highest BCUT2D eigenvalue weighted by atomic mass is 35.5. The molecule has 0 spiro atoms. The van der Waals surface area contributed by atoms with E-state index in [-0.39, 0.29) is 12.3 Å². The molecule has 134 valence electrons. The number of hydrogen-bond donors (Lipinski definition) is 2. The van der Waals surface area contributed by atoms with Crippen LogP contribution < -0.4 is 15.4 Å². The van der Waals surface area contributed by atoms with Crippen molar-refractivity contribution in [2.45, 2.75) is 13.0 Å². The number of pyridine rings is 1. The van der Waals surface area contributed by atoms with Crippen LogP contribution in [0.4, 0.5) is 10.9 Å². The number of aromatic nitrogens is 2. The van der Waals surface area contributed by atoms with Crippen LogP contribution in [0.3, 0.4) is 0 Å². The molecule has 1 amide bonds. The minimum absolute atomic E-state index is 0.0812. The van der Waals surface area contributed by atoms with Crippen molar-refractivity contribution >= 4 is 39.8 Å². The molecule has 3 aromatic rings. The summed E-state index contributed by atoms with van der Waals surface area (Å²) in [5.41, 5.74) is 1.72. The fourth-order valence-corrected chi connectivity index (χ4v) is 3.00. The summed E-state index contributed by atoms with van der Waals surface area (Å²) in [7, 11) is 1.62. The minimum Gasteiger partial charge on any atom is -0.497 e. The lowest BCUT2D eigenvalue weighted by Gasteiger charge is -2.05. The lowest BCUT2D eigenvalue weighted by atomic mass is 10.2. The van der Waals surface area contributed by atoms with Crippen LogP contribution in [-0.2, 0) is 17.8 Å². The molecule has 26 heavy (non-hydrogen) atoms. The number of amides is 1. The van der Waals surface area contributed by atoms with Crippen molar-refractivity contribution in [2.75, 3.05) is 12.4 Å². The predicted octanol–water partition coefficient (Wildman–Crippen LogP) is 3.80. The standard InChI is InChI=1S/C18H17ClN4O2S/c1-25-15-5-2-12(3-6-15)9-21-17(24)8-14-11-26-18(22-14)23-16-7-4-13(19)10-20-16/h2-7,10-11H,8-9H2,1H3,(H,21,24)(H,20,22,23). The lowest BCUT2D eigenvalue weighted by Crippen LogP contribution is -2.24. The molecule has 3 rings (SSSR count). The van der Waals surface area contributed by atoms with Gasteiger partial charge in [0.2, 0.25) is 5.91 Å². The Balaban J connectivity index is 1.49. The van der Waals surface area contributed by atoms with Crippen molar-refractivity contribution in [3.8, 4) is 5.75 Å². The van der Waals surface area contributed by atoms with Crippen LogP contribution >= 0.6 is 22.9 Å². The molecule has 0 bridgehead atoms. The Labute approximate surface area is 160 Å². The Kier molecular flexibility index (Phi) is 6.04. The van der Waals surface area contributed by atoms with Gasteiger partial charge in [0.1, 0.15) is 11.6 Å². The second-order valence-corrected chi connectivity index (χ2v) is 6.73. The summed E-state index contributed by atoms with van der Waals surface area (Å²) in [5, 5.41) is 9.08. The van der Waals surface area contributed by atoms with Crippen LogP contribution in [-0.4, -0.2) is 23.0 Å². The molecule has 1 aromatic carbocycles. The zero-order valence-electron chi connectivity index (χ0n) is 14.0. The topological polar surface area (TPSA) is 76.1 Å². The van der Waals surface area contributed by atoms with E-state index in [9.17, 15) is 4.79 Å². The Morgan fingerprint density at radius 3 is 2.73 bits per heavy atom. The molecule has 0 radical (unpaired) electrons. The second kappa shape index (κ2) is 8.64. The van der Waals surface area contributed by atoms with E-state index in [0.29, 0.717) is 28.2 Å². The van der Waals surface area contributed by atoms with Gasteiger partial charge in [0, 0.05) is 18.1 Å². The first-order valence-electron chi connectivity index (χ1n) is 7.85. The van der Waals surface area contributed by atoms with E-state index in [2.05, 4.69) is 20.6 Å². The molecule has 0 aliphatic heterocycles. The predicted molar refractivity (Wildman–Crippen MR) is 103 cm³/mol. The number of halogens is 1. The molecule has 8 heteroatoms. The monoisotopic (exact) mass is 388 g/mol. The van der Waals surface area contributed by atoms with Crippen molar-refractivity contribution in [3.05, 3.63) is 64.3 Å². The molecule has 2 heterocycles. The molecule has 2 aromatic heterocycles. The summed E-state index contributed by atoms with van der Waals surface area (Å²) in [6, 6.07) is 11.1. The van der Waals surface area contributed by atoms with Gasteiger partial charge in [-0.3, -0.25) is 4.79 Å². The van der Waals surface area contributed by atoms with E-state index in [1.807, 2.05) is 29.6 Å². The first kappa shape index (κ1) is 18.2. The first-order valence-corrected chi connectivity index (χ1v) is 9.11. The zero-order chi connectivity index (χ0) is 18.4. The van der Waals surface area contributed by atoms with Crippen molar-refractivity contribution in [1.82, 2.24) is 15.3 Å². The Bertz CT molecular complexity index is 866. The summed E-state index contributed by atoms with van der Waals surface area (Å²) in [6.07, 6.45) is 1.79. The van der Waals surface area contributed by atoms with Gasteiger partial charge in [0.15, 0.2) is 5.13 Å². The smallest absolute Gasteiger partial charge is 0.226 e. The zero-order valence-corrected chi connectivity index (χ0v) is 15.6. The normalized spacial score (nSPS) is 10.4. The number of methoxy groups -OCH3 is 1. The largest absolute Gasteiger partial charge is 0.497 e. The van der Waals surface area contributed by atoms with Crippen LogP contribution in [0.1, 0.15) is 11.3 Å². The number of benzene rings is 1. The number of carbonyl (C=O) groups is 1. The summed E-state index contributed by atoms with van der Waals surface area (Å²) in [6.45, 7) is 0.465. The Morgan fingerprint density at radius 1 is 1.23 bits per heavy atom. The summed E-state index contributed by atoms with van der Waals surface area (Å²) in [5.74, 6) is 1.36. The first-order chi connectivity index (χ1) is 12.6. The van der Waals surface area contributed by atoms with E-state index in [0.717, 1.165) is 11.3 Å². The summed E-state index contributed by atoms with van der Waals surface area (Å²) >= 11 is 7.23. The van der Waals surface area contributed by atoms with Gasteiger partial charge in [-0.15, -0.1) is 11.3 Å². The van der Waals surface area contributed by atoms with Crippen molar-refractivity contribution in [1.29, 1.82) is 0 Å². The second-order valence-electron chi connectivity index (χ2n) is 5.43. The highest BCUT2D eigenvalue weighted by molar-refractivity contribution is 7.13. The lowest BCUT2D eigenvalue weighted by molar-refractivity contribution is -0.120. The number of hydrogen-bond acceptors (Lipinski definition) is 6. The summed E-state index contributed by atoms with van der Waals surface area (Å²) < 4.78 is 5.11. The molecule has 0 fully saturated rings. The molecule has 0 unspecified atom stereocenters.